The molecule has 166 valence electrons. The number of hydrogen-bond donors (Lipinski definition) is 0. The highest BCUT2D eigenvalue weighted by molar-refractivity contribution is 6.33. The lowest BCUT2D eigenvalue weighted by atomic mass is 10.1. The van der Waals surface area contributed by atoms with Gasteiger partial charge < -0.3 is 9.80 Å². The van der Waals surface area contributed by atoms with Gasteiger partial charge in [0.2, 0.25) is 0 Å². The SMILES string of the molecule is CCCN1CCN(C(=Nc2ccccc2Cl)c2ccc(C(=O)N(CC)CC)cc2)CC1. The number of amidine groups is 1. The van der Waals surface area contributed by atoms with Crippen molar-refractivity contribution in [2.24, 2.45) is 4.99 Å². The lowest BCUT2D eigenvalue weighted by Crippen LogP contribution is -2.49. The van der Waals surface area contributed by atoms with Crippen molar-refractivity contribution in [3.63, 3.8) is 0 Å². The number of nitrogens with zero attached hydrogens (tertiary/aromatic N) is 4. The van der Waals surface area contributed by atoms with Crippen molar-refractivity contribution in [2.75, 3.05) is 45.8 Å². The van der Waals surface area contributed by atoms with E-state index in [0.717, 1.165) is 49.8 Å². The van der Waals surface area contributed by atoms with Gasteiger partial charge in [-0.05, 0) is 51.1 Å². The molecule has 6 heteroatoms. The maximum atomic E-state index is 12.7. The van der Waals surface area contributed by atoms with E-state index in [1.807, 2.05) is 67.3 Å². The van der Waals surface area contributed by atoms with E-state index in [1.165, 1.54) is 6.42 Å². The molecule has 0 aliphatic carbocycles. The minimum Gasteiger partial charge on any atom is -0.354 e. The Hall–Kier alpha value is -2.37. The summed E-state index contributed by atoms with van der Waals surface area (Å²) >= 11 is 6.41. The predicted molar refractivity (Wildman–Crippen MR) is 130 cm³/mol. The summed E-state index contributed by atoms with van der Waals surface area (Å²) in [7, 11) is 0. The van der Waals surface area contributed by atoms with Crippen molar-refractivity contribution in [3.05, 3.63) is 64.7 Å². The molecule has 0 unspecified atom stereocenters. The molecule has 3 rings (SSSR count). The Kier molecular flexibility index (Phi) is 8.50. The van der Waals surface area contributed by atoms with Gasteiger partial charge in [0.1, 0.15) is 5.84 Å². The molecule has 0 bridgehead atoms. The van der Waals surface area contributed by atoms with Gasteiger partial charge in [0.25, 0.3) is 5.91 Å². The zero-order valence-corrected chi connectivity index (χ0v) is 19.6. The molecular weight excluding hydrogens is 408 g/mol. The molecule has 1 amide bonds. The number of piperazine rings is 1. The maximum absolute atomic E-state index is 12.7. The highest BCUT2D eigenvalue weighted by atomic mass is 35.5. The molecule has 5 nitrogen and oxygen atoms in total. The summed E-state index contributed by atoms with van der Waals surface area (Å²) in [6, 6.07) is 15.5. The third-order valence-electron chi connectivity index (χ3n) is 5.73. The topological polar surface area (TPSA) is 39.1 Å². The summed E-state index contributed by atoms with van der Waals surface area (Å²) in [5, 5.41) is 0.637. The van der Waals surface area contributed by atoms with Crippen LogP contribution in [-0.2, 0) is 0 Å². The fourth-order valence-electron chi connectivity index (χ4n) is 3.93. The van der Waals surface area contributed by atoms with Gasteiger partial charge in [-0.25, -0.2) is 4.99 Å². The first-order valence-corrected chi connectivity index (χ1v) is 11.6. The van der Waals surface area contributed by atoms with Crippen LogP contribution in [0, 0.1) is 0 Å². The monoisotopic (exact) mass is 440 g/mol. The van der Waals surface area contributed by atoms with Gasteiger partial charge in [-0.2, -0.15) is 0 Å². The summed E-state index contributed by atoms with van der Waals surface area (Å²) in [4.78, 5) is 24.3. The zero-order chi connectivity index (χ0) is 22.2. The summed E-state index contributed by atoms with van der Waals surface area (Å²) in [6.45, 7) is 12.7. The van der Waals surface area contributed by atoms with E-state index in [2.05, 4.69) is 16.7 Å². The van der Waals surface area contributed by atoms with E-state index in [1.54, 1.807) is 0 Å². The zero-order valence-electron chi connectivity index (χ0n) is 18.9. The average molecular weight is 441 g/mol. The van der Waals surface area contributed by atoms with E-state index in [-0.39, 0.29) is 5.91 Å². The van der Waals surface area contributed by atoms with Crippen LogP contribution in [0.15, 0.2) is 53.5 Å². The quantitative estimate of drug-likeness (QED) is 0.452. The highest BCUT2D eigenvalue weighted by Gasteiger charge is 2.21. The standard InChI is InChI=1S/C25H33ClN4O/c1-4-15-28-16-18-30(19-17-28)24(27-23-10-8-7-9-22(23)26)20-11-13-21(14-12-20)25(31)29(5-2)6-3/h7-14H,4-6,15-19H2,1-3H3. The van der Waals surface area contributed by atoms with Crippen molar-refractivity contribution in [1.82, 2.24) is 14.7 Å². The smallest absolute Gasteiger partial charge is 0.253 e. The van der Waals surface area contributed by atoms with Gasteiger partial charge in [-0.1, -0.05) is 42.8 Å². The van der Waals surface area contributed by atoms with Gasteiger partial charge in [0.05, 0.1) is 10.7 Å². The van der Waals surface area contributed by atoms with Crippen LogP contribution in [0.5, 0.6) is 0 Å². The van der Waals surface area contributed by atoms with Crippen molar-refractivity contribution < 1.29 is 4.79 Å². The number of para-hydroxylation sites is 1. The van der Waals surface area contributed by atoms with Crippen LogP contribution in [0.2, 0.25) is 5.02 Å². The molecule has 0 N–H and O–H groups in total. The second-order valence-electron chi connectivity index (χ2n) is 7.77. The van der Waals surface area contributed by atoms with Crippen molar-refractivity contribution in [3.8, 4) is 0 Å². The normalized spacial score (nSPS) is 15.2. The number of benzene rings is 2. The highest BCUT2D eigenvalue weighted by Crippen LogP contribution is 2.26. The molecule has 31 heavy (non-hydrogen) atoms. The summed E-state index contributed by atoms with van der Waals surface area (Å²) in [5.41, 5.74) is 2.47. The number of halogens is 1. The number of amides is 1. The number of rotatable bonds is 7. The molecule has 0 atom stereocenters. The molecule has 2 aromatic rings. The first-order chi connectivity index (χ1) is 15.1. The minimum absolute atomic E-state index is 0.0642. The van der Waals surface area contributed by atoms with Crippen molar-refractivity contribution in [2.45, 2.75) is 27.2 Å². The molecule has 1 aliphatic heterocycles. The Balaban J connectivity index is 1.90. The van der Waals surface area contributed by atoms with Gasteiger partial charge in [-0.3, -0.25) is 9.69 Å². The van der Waals surface area contributed by atoms with Crippen LogP contribution in [0.3, 0.4) is 0 Å². The molecule has 0 saturated carbocycles. The molecule has 2 aromatic carbocycles. The van der Waals surface area contributed by atoms with E-state index in [0.29, 0.717) is 23.7 Å². The molecule has 0 spiro atoms. The lowest BCUT2D eigenvalue weighted by Gasteiger charge is -2.36. The maximum Gasteiger partial charge on any atom is 0.253 e. The summed E-state index contributed by atoms with van der Waals surface area (Å²) in [6.07, 6.45) is 1.17. The molecular formula is C25H33ClN4O. The number of hydrogen-bond acceptors (Lipinski definition) is 3. The van der Waals surface area contributed by atoms with Gasteiger partial charge in [0, 0.05) is 50.4 Å². The minimum atomic E-state index is 0.0642. The van der Waals surface area contributed by atoms with E-state index >= 15 is 0 Å². The van der Waals surface area contributed by atoms with Gasteiger partial charge in [0.15, 0.2) is 0 Å². The van der Waals surface area contributed by atoms with Gasteiger partial charge in [-0.15, -0.1) is 0 Å². The Morgan fingerprint density at radius 3 is 2.13 bits per heavy atom. The first-order valence-electron chi connectivity index (χ1n) is 11.3. The number of carbonyl (C=O) groups is 1. The van der Waals surface area contributed by atoms with E-state index < -0.39 is 0 Å². The largest absolute Gasteiger partial charge is 0.354 e. The summed E-state index contributed by atoms with van der Waals surface area (Å²) in [5.74, 6) is 0.973. The van der Waals surface area contributed by atoms with Gasteiger partial charge >= 0.3 is 0 Å². The first kappa shape index (κ1) is 23.3. The third-order valence-corrected chi connectivity index (χ3v) is 6.05. The molecule has 1 aliphatic rings. The van der Waals surface area contributed by atoms with E-state index in [4.69, 9.17) is 16.6 Å². The Morgan fingerprint density at radius 1 is 0.935 bits per heavy atom. The molecule has 0 radical (unpaired) electrons. The fourth-order valence-corrected chi connectivity index (χ4v) is 4.11. The predicted octanol–water partition coefficient (Wildman–Crippen LogP) is 4.93. The van der Waals surface area contributed by atoms with Crippen molar-refractivity contribution in [1.29, 1.82) is 0 Å². The molecule has 0 aromatic heterocycles. The Morgan fingerprint density at radius 2 is 1.55 bits per heavy atom. The van der Waals surface area contributed by atoms with Crippen LogP contribution < -0.4 is 0 Å². The van der Waals surface area contributed by atoms with Crippen LogP contribution in [-0.4, -0.2) is 72.3 Å². The second kappa shape index (κ2) is 11.3. The molecule has 1 fully saturated rings. The molecule has 1 heterocycles. The third kappa shape index (κ3) is 5.86. The van der Waals surface area contributed by atoms with Crippen LogP contribution in [0.1, 0.15) is 43.1 Å². The summed E-state index contributed by atoms with van der Waals surface area (Å²) < 4.78 is 0. The fraction of sp³-hybridized carbons (Fsp3) is 0.440. The number of aliphatic imine (C=N–C) groups is 1. The lowest BCUT2D eigenvalue weighted by molar-refractivity contribution is 0.0773. The van der Waals surface area contributed by atoms with E-state index in [9.17, 15) is 4.79 Å². The second-order valence-corrected chi connectivity index (χ2v) is 8.18. The Bertz CT molecular complexity index is 885. The average Bonchev–Trinajstić information content (AvgIpc) is 2.80. The van der Waals surface area contributed by atoms with Crippen LogP contribution in [0.25, 0.3) is 0 Å². The Labute approximate surface area is 191 Å². The van der Waals surface area contributed by atoms with Crippen molar-refractivity contribution >= 4 is 29.0 Å². The molecule has 1 saturated heterocycles. The van der Waals surface area contributed by atoms with Crippen LogP contribution in [0.4, 0.5) is 5.69 Å². The number of carbonyl (C=O) groups excluding carboxylic acids is 1. The van der Waals surface area contributed by atoms with Crippen LogP contribution >= 0.6 is 11.6 Å².